The Hall–Kier alpha value is -0.910. The number of likely N-dealkylation sites (tertiary alicyclic amines) is 2. The number of hydrogen-bond donors (Lipinski definition) is 1. The lowest BCUT2D eigenvalue weighted by molar-refractivity contribution is 0.229. The summed E-state index contributed by atoms with van der Waals surface area (Å²) in [6, 6.07) is 0.764. The molecule has 2 fully saturated rings. The predicted molar refractivity (Wildman–Crippen MR) is 83.3 cm³/mol. The molecule has 1 aromatic rings. The minimum atomic E-state index is 0.155. The quantitative estimate of drug-likeness (QED) is 0.884. The monoisotopic (exact) mass is 292 g/mol. The summed E-state index contributed by atoms with van der Waals surface area (Å²) in [6.45, 7) is 11.0. The molecule has 0 aliphatic carbocycles. The standard InChI is InChI=1S/C16H28N4O/c1-13-16(14(2)20(17-13)9-10-21)12-18-8-5-15(11-18)19-6-3-4-7-19/h15,21H,3-12H2,1-2H3. The van der Waals surface area contributed by atoms with Gasteiger partial charge in [-0.15, -0.1) is 0 Å². The average Bonchev–Trinajstić information content (AvgIpc) is 3.17. The van der Waals surface area contributed by atoms with E-state index in [4.69, 9.17) is 5.11 Å². The highest BCUT2D eigenvalue weighted by molar-refractivity contribution is 5.24. The maximum atomic E-state index is 9.11. The first-order chi connectivity index (χ1) is 10.2. The second kappa shape index (κ2) is 6.46. The van der Waals surface area contributed by atoms with E-state index in [1.54, 1.807) is 0 Å². The van der Waals surface area contributed by atoms with E-state index in [0.717, 1.165) is 18.3 Å². The molecule has 3 rings (SSSR count). The van der Waals surface area contributed by atoms with Gasteiger partial charge >= 0.3 is 0 Å². The van der Waals surface area contributed by atoms with Crippen LogP contribution in [0, 0.1) is 13.8 Å². The Morgan fingerprint density at radius 1 is 1.19 bits per heavy atom. The van der Waals surface area contributed by atoms with E-state index in [0.29, 0.717) is 6.54 Å². The summed E-state index contributed by atoms with van der Waals surface area (Å²) in [5.41, 5.74) is 3.68. The SMILES string of the molecule is Cc1nn(CCO)c(C)c1CN1CCC(N2CCCC2)C1. The summed E-state index contributed by atoms with van der Waals surface area (Å²) in [6.07, 6.45) is 4.06. The maximum absolute atomic E-state index is 9.11. The van der Waals surface area contributed by atoms with Gasteiger partial charge in [-0.1, -0.05) is 0 Å². The van der Waals surface area contributed by atoms with Crippen molar-refractivity contribution >= 4 is 0 Å². The summed E-state index contributed by atoms with van der Waals surface area (Å²) in [5, 5.41) is 13.7. The Morgan fingerprint density at radius 2 is 1.95 bits per heavy atom. The normalized spacial score (nSPS) is 24.2. The molecule has 21 heavy (non-hydrogen) atoms. The molecule has 5 nitrogen and oxygen atoms in total. The van der Waals surface area contributed by atoms with E-state index < -0.39 is 0 Å². The van der Waals surface area contributed by atoms with Crippen molar-refractivity contribution in [3.05, 3.63) is 17.0 Å². The Bertz CT molecular complexity index is 479. The minimum Gasteiger partial charge on any atom is -0.394 e. The van der Waals surface area contributed by atoms with Gasteiger partial charge in [0.25, 0.3) is 0 Å². The third kappa shape index (κ3) is 3.15. The zero-order valence-electron chi connectivity index (χ0n) is 13.4. The van der Waals surface area contributed by atoms with Crippen molar-refractivity contribution in [2.24, 2.45) is 0 Å². The zero-order chi connectivity index (χ0) is 14.8. The van der Waals surface area contributed by atoms with Crippen LogP contribution >= 0.6 is 0 Å². The van der Waals surface area contributed by atoms with Crippen LogP contribution in [0.1, 0.15) is 36.2 Å². The topological polar surface area (TPSA) is 44.5 Å². The molecule has 0 amide bonds. The van der Waals surface area contributed by atoms with Crippen molar-refractivity contribution in [3.8, 4) is 0 Å². The Kier molecular flexibility index (Phi) is 4.62. The molecule has 5 heteroatoms. The van der Waals surface area contributed by atoms with E-state index in [9.17, 15) is 0 Å². The molecule has 118 valence electrons. The number of rotatable bonds is 5. The Morgan fingerprint density at radius 3 is 2.67 bits per heavy atom. The largest absolute Gasteiger partial charge is 0.394 e. The Labute approximate surface area is 127 Å². The minimum absolute atomic E-state index is 0.155. The molecule has 1 N–H and O–H groups in total. The van der Waals surface area contributed by atoms with Crippen LogP contribution in [0.25, 0.3) is 0 Å². The Balaban J connectivity index is 1.62. The number of aliphatic hydroxyl groups is 1. The van der Waals surface area contributed by atoms with Gasteiger partial charge in [0.15, 0.2) is 0 Å². The number of nitrogens with zero attached hydrogens (tertiary/aromatic N) is 4. The van der Waals surface area contributed by atoms with E-state index in [-0.39, 0.29) is 6.61 Å². The molecule has 1 unspecified atom stereocenters. The molecule has 1 atom stereocenters. The lowest BCUT2D eigenvalue weighted by atomic mass is 10.2. The molecule has 0 saturated carbocycles. The average molecular weight is 292 g/mol. The van der Waals surface area contributed by atoms with E-state index >= 15 is 0 Å². The fourth-order valence-electron chi connectivity index (χ4n) is 3.86. The number of aromatic nitrogens is 2. The summed E-state index contributed by atoms with van der Waals surface area (Å²) in [7, 11) is 0. The molecule has 0 aromatic carbocycles. The highest BCUT2D eigenvalue weighted by Gasteiger charge is 2.29. The summed E-state index contributed by atoms with van der Waals surface area (Å²) in [5.74, 6) is 0. The van der Waals surface area contributed by atoms with Gasteiger partial charge < -0.3 is 5.11 Å². The van der Waals surface area contributed by atoms with Gasteiger partial charge in [0.1, 0.15) is 0 Å². The van der Waals surface area contributed by atoms with Crippen LogP contribution in [0.4, 0.5) is 0 Å². The molecule has 2 aliphatic heterocycles. The third-order valence-electron chi connectivity index (χ3n) is 5.13. The molecule has 3 heterocycles. The van der Waals surface area contributed by atoms with Crippen LogP contribution in [0.15, 0.2) is 0 Å². The molecule has 1 aromatic heterocycles. The molecular weight excluding hydrogens is 264 g/mol. The summed E-state index contributed by atoms with van der Waals surface area (Å²) in [4.78, 5) is 5.25. The smallest absolute Gasteiger partial charge is 0.0644 e. The number of hydrogen-bond acceptors (Lipinski definition) is 4. The molecule has 2 aliphatic rings. The van der Waals surface area contributed by atoms with Crippen LogP contribution in [-0.4, -0.2) is 63.5 Å². The number of aliphatic hydroxyl groups excluding tert-OH is 1. The molecule has 0 radical (unpaired) electrons. The lowest BCUT2D eigenvalue weighted by Crippen LogP contribution is -2.35. The van der Waals surface area contributed by atoms with Crippen LogP contribution in [-0.2, 0) is 13.1 Å². The lowest BCUT2D eigenvalue weighted by Gasteiger charge is -2.23. The molecular formula is C16H28N4O. The molecule has 0 bridgehead atoms. The van der Waals surface area contributed by atoms with Crippen molar-refractivity contribution in [1.29, 1.82) is 0 Å². The van der Waals surface area contributed by atoms with Gasteiger partial charge in [-0.3, -0.25) is 14.5 Å². The van der Waals surface area contributed by atoms with Crippen molar-refractivity contribution in [2.45, 2.75) is 52.2 Å². The highest BCUT2D eigenvalue weighted by Crippen LogP contribution is 2.23. The van der Waals surface area contributed by atoms with Crippen LogP contribution < -0.4 is 0 Å². The fraction of sp³-hybridized carbons (Fsp3) is 0.812. The van der Waals surface area contributed by atoms with Gasteiger partial charge in [-0.25, -0.2) is 0 Å². The zero-order valence-corrected chi connectivity index (χ0v) is 13.4. The third-order valence-corrected chi connectivity index (χ3v) is 5.13. The second-order valence-electron chi connectivity index (χ2n) is 6.52. The summed E-state index contributed by atoms with van der Waals surface area (Å²) < 4.78 is 1.94. The van der Waals surface area contributed by atoms with Gasteiger partial charge in [0, 0.05) is 36.9 Å². The predicted octanol–water partition coefficient (Wildman–Crippen LogP) is 1.16. The van der Waals surface area contributed by atoms with Crippen molar-refractivity contribution < 1.29 is 5.11 Å². The van der Waals surface area contributed by atoms with Crippen molar-refractivity contribution in [3.63, 3.8) is 0 Å². The first kappa shape index (κ1) is 15.0. The van der Waals surface area contributed by atoms with Gasteiger partial charge in [-0.05, 0) is 46.2 Å². The van der Waals surface area contributed by atoms with E-state index in [2.05, 4.69) is 28.7 Å². The second-order valence-corrected chi connectivity index (χ2v) is 6.52. The first-order valence-corrected chi connectivity index (χ1v) is 8.29. The maximum Gasteiger partial charge on any atom is 0.0644 e. The highest BCUT2D eigenvalue weighted by atomic mass is 16.3. The van der Waals surface area contributed by atoms with E-state index in [1.165, 1.54) is 56.7 Å². The van der Waals surface area contributed by atoms with Gasteiger partial charge in [0.2, 0.25) is 0 Å². The number of aryl methyl sites for hydroxylation is 1. The van der Waals surface area contributed by atoms with Gasteiger partial charge in [0.05, 0.1) is 18.8 Å². The van der Waals surface area contributed by atoms with Crippen LogP contribution in [0.5, 0.6) is 0 Å². The first-order valence-electron chi connectivity index (χ1n) is 8.29. The van der Waals surface area contributed by atoms with Crippen molar-refractivity contribution in [2.75, 3.05) is 32.8 Å². The van der Waals surface area contributed by atoms with Gasteiger partial charge in [-0.2, -0.15) is 5.10 Å². The fourth-order valence-corrected chi connectivity index (χ4v) is 3.86. The van der Waals surface area contributed by atoms with Crippen molar-refractivity contribution in [1.82, 2.24) is 19.6 Å². The molecule has 0 spiro atoms. The van der Waals surface area contributed by atoms with E-state index in [1.807, 2.05) is 4.68 Å². The van der Waals surface area contributed by atoms with Crippen LogP contribution in [0.3, 0.4) is 0 Å². The van der Waals surface area contributed by atoms with Crippen LogP contribution in [0.2, 0.25) is 0 Å². The summed E-state index contributed by atoms with van der Waals surface area (Å²) >= 11 is 0. The molecule has 2 saturated heterocycles.